The summed E-state index contributed by atoms with van der Waals surface area (Å²) in [6.45, 7) is 2.60. The maximum Gasteiger partial charge on any atom is 0.257 e. The first kappa shape index (κ1) is 20.9. The van der Waals surface area contributed by atoms with Crippen LogP contribution in [0.15, 0.2) is 30.3 Å². The Labute approximate surface area is 168 Å². The van der Waals surface area contributed by atoms with Gasteiger partial charge in [-0.1, -0.05) is 61.4 Å². The topological polar surface area (TPSA) is 72.8 Å². The van der Waals surface area contributed by atoms with Crippen LogP contribution in [0.25, 0.3) is 0 Å². The van der Waals surface area contributed by atoms with Crippen molar-refractivity contribution >= 4 is 5.91 Å². The van der Waals surface area contributed by atoms with Gasteiger partial charge in [-0.25, -0.2) is 0 Å². The van der Waals surface area contributed by atoms with Gasteiger partial charge in [0.1, 0.15) is 0 Å². The van der Waals surface area contributed by atoms with Gasteiger partial charge in [0.15, 0.2) is 5.60 Å². The molecule has 3 N–H and O–H groups in total. The predicted molar refractivity (Wildman–Crippen MR) is 109 cm³/mol. The van der Waals surface area contributed by atoms with Crippen LogP contribution in [0, 0.1) is 17.8 Å². The van der Waals surface area contributed by atoms with E-state index < -0.39 is 5.60 Å². The Morgan fingerprint density at radius 3 is 2.43 bits per heavy atom. The maximum absolute atomic E-state index is 13.0. The van der Waals surface area contributed by atoms with Crippen LogP contribution in [0.5, 0.6) is 0 Å². The highest BCUT2D eigenvalue weighted by atomic mass is 16.3. The standard InChI is InChI=1S/C23H32N2O3/c26-21-13-17-25(18-14-21)16-8-7-15-24-22(27)23(28,19-9-3-1-4-10-19)20-11-5-2-6-12-20/h1,3-4,9-10,20-21,26,28H,2,5-6,11-18H2,(H,24,27). The summed E-state index contributed by atoms with van der Waals surface area (Å²) in [5.41, 5.74) is -0.828. The van der Waals surface area contributed by atoms with Crippen LogP contribution in [0.4, 0.5) is 0 Å². The molecule has 5 nitrogen and oxygen atoms in total. The first-order valence-electron chi connectivity index (χ1n) is 10.5. The lowest BCUT2D eigenvalue weighted by molar-refractivity contribution is -0.149. The number of nitrogens with zero attached hydrogens (tertiary/aromatic N) is 1. The third-order valence-corrected chi connectivity index (χ3v) is 6.08. The van der Waals surface area contributed by atoms with Gasteiger partial charge in [0.2, 0.25) is 0 Å². The van der Waals surface area contributed by atoms with E-state index in [-0.39, 0.29) is 24.5 Å². The van der Waals surface area contributed by atoms with Gasteiger partial charge in [0, 0.05) is 19.0 Å². The minimum absolute atomic E-state index is 0.0589. The summed E-state index contributed by atoms with van der Waals surface area (Å²) in [6.07, 6.45) is 6.42. The van der Waals surface area contributed by atoms with Gasteiger partial charge in [0.05, 0.1) is 19.2 Å². The van der Waals surface area contributed by atoms with Gasteiger partial charge < -0.3 is 15.5 Å². The normalized spacial score (nSPS) is 21.4. The van der Waals surface area contributed by atoms with Crippen LogP contribution in [0.3, 0.4) is 0 Å². The Morgan fingerprint density at radius 1 is 1.07 bits per heavy atom. The smallest absolute Gasteiger partial charge is 0.257 e. The number of aliphatic hydroxyl groups is 2. The number of hydrogen-bond donors (Lipinski definition) is 3. The van der Waals surface area contributed by atoms with E-state index in [1.165, 1.54) is 6.42 Å². The molecule has 2 fully saturated rings. The van der Waals surface area contributed by atoms with Crippen LogP contribution in [-0.2, 0) is 10.4 Å². The van der Waals surface area contributed by atoms with Gasteiger partial charge in [0.25, 0.3) is 5.91 Å². The summed E-state index contributed by atoms with van der Waals surface area (Å²) in [4.78, 5) is 15.2. The fraction of sp³-hybridized carbons (Fsp3) is 0.609. The molecule has 0 spiro atoms. The molecule has 1 saturated carbocycles. The van der Waals surface area contributed by atoms with Gasteiger partial charge in [-0.3, -0.25) is 9.69 Å². The molecule has 1 saturated heterocycles. The van der Waals surface area contributed by atoms with Crippen LogP contribution >= 0.6 is 0 Å². The molecule has 1 aliphatic heterocycles. The van der Waals surface area contributed by atoms with Crippen LogP contribution in [0.2, 0.25) is 0 Å². The first-order valence-corrected chi connectivity index (χ1v) is 10.5. The SMILES string of the molecule is O=C(NCC#CCN1CCC(O)CC1)C(O)(c1ccccc1)C1CCCCC1. The molecule has 0 radical (unpaired) electrons. The van der Waals surface area contributed by atoms with Crippen molar-refractivity contribution in [3.63, 3.8) is 0 Å². The van der Waals surface area contributed by atoms with E-state index in [9.17, 15) is 15.0 Å². The Hall–Kier alpha value is -1.87. The van der Waals surface area contributed by atoms with Crippen molar-refractivity contribution in [1.29, 1.82) is 0 Å². The molecule has 2 aliphatic rings. The molecule has 152 valence electrons. The van der Waals surface area contributed by atoms with E-state index in [0.717, 1.165) is 51.6 Å². The number of amides is 1. The lowest BCUT2D eigenvalue weighted by Gasteiger charge is -2.37. The zero-order valence-electron chi connectivity index (χ0n) is 16.6. The van der Waals surface area contributed by atoms with Crippen LogP contribution < -0.4 is 5.32 Å². The fourth-order valence-electron chi connectivity index (χ4n) is 4.33. The molecule has 1 aromatic rings. The molecule has 1 aromatic carbocycles. The van der Waals surface area contributed by atoms with E-state index in [4.69, 9.17) is 0 Å². The monoisotopic (exact) mass is 384 g/mol. The number of rotatable bonds is 5. The van der Waals surface area contributed by atoms with E-state index in [2.05, 4.69) is 22.1 Å². The molecule has 28 heavy (non-hydrogen) atoms. The van der Waals surface area contributed by atoms with Crippen molar-refractivity contribution in [2.24, 2.45) is 5.92 Å². The summed E-state index contributed by atoms with van der Waals surface area (Å²) in [6, 6.07) is 9.31. The second-order valence-electron chi connectivity index (χ2n) is 8.01. The molecule has 0 aromatic heterocycles. The van der Waals surface area contributed by atoms with Crippen molar-refractivity contribution in [3.8, 4) is 11.8 Å². The minimum atomic E-state index is -1.49. The quantitative estimate of drug-likeness (QED) is 0.680. The highest BCUT2D eigenvalue weighted by Gasteiger charge is 2.45. The Kier molecular flexibility index (Phi) is 7.50. The van der Waals surface area contributed by atoms with Gasteiger partial charge in [-0.2, -0.15) is 0 Å². The Bertz CT molecular complexity index is 683. The molecule has 1 atom stereocenters. The number of carbonyl (C=O) groups is 1. The minimum Gasteiger partial charge on any atom is -0.393 e. The summed E-state index contributed by atoms with van der Waals surface area (Å²) >= 11 is 0. The zero-order chi connectivity index (χ0) is 19.8. The summed E-state index contributed by atoms with van der Waals surface area (Å²) in [5, 5.41) is 23.9. The van der Waals surface area contributed by atoms with Crippen molar-refractivity contribution in [2.45, 2.75) is 56.7 Å². The van der Waals surface area contributed by atoms with E-state index in [1.807, 2.05) is 30.3 Å². The number of aliphatic hydroxyl groups excluding tert-OH is 1. The van der Waals surface area contributed by atoms with E-state index in [1.54, 1.807) is 0 Å². The predicted octanol–water partition coefficient (Wildman–Crippen LogP) is 2.03. The van der Waals surface area contributed by atoms with Crippen molar-refractivity contribution in [1.82, 2.24) is 10.2 Å². The Morgan fingerprint density at radius 2 is 1.75 bits per heavy atom. The molecular formula is C23H32N2O3. The van der Waals surface area contributed by atoms with E-state index in [0.29, 0.717) is 12.1 Å². The third-order valence-electron chi connectivity index (χ3n) is 6.08. The van der Waals surface area contributed by atoms with E-state index >= 15 is 0 Å². The van der Waals surface area contributed by atoms with Crippen molar-refractivity contribution < 1.29 is 15.0 Å². The van der Waals surface area contributed by atoms with Gasteiger partial charge in [-0.05, 0) is 31.2 Å². The summed E-state index contributed by atoms with van der Waals surface area (Å²) in [5.74, 6) is 5.69. The number of piperidine rings is 1. The molecule has 5 heteroatoms. The maximum atomic E-state index is 13.0. The molecular weight excluding hydrogens is 352 g/mol. The average molecular weight is 385 g/mol. The summed E-state index contributed by atoms with van der Waals surface area (Å²) in [7, 11) is 0. The molecule has 1 heterocycles. The number of hydrogen-bond acceptors (Lipinski definition) is 4. The van der Waals surface area contributed by atoms with Crippen LogP contribution in [-0.4, -0.2) is 53.3 Å². The molecule has 1 amide bonds. The fourth-order valence-corrected chi connectivity index (χ4v) is 4.33. The average Bonchev–Trinajstić information content (AvgIpc) is 2.75. The molecule has 1 unspecified atom stereocenters. The third kappa shape index (κ3) is 5.14. The van der Waals surface area contributed by atoms with Crippen molar-refractivity contribution in [2.75, 3.05) is 26.2 Å². The second kappa shape index (κ2) is 10.1. The van der Waals surface area contributed by atoms with Gasteiger partial charge in [-0.15, -0.1) is 0 Å². The number of benzene rings is 1. The number of likely N-dealkylation sites (tertiary alicyclic amines) is 1. The van der Waals surface area contributed by atoms with Gasteiger partial charge >= 0.3 is 0 Å². The zero-order valence-corrected chi connectivity index (χ0v) is 16.6. The molecule has 3 rings (SSSR count). The summed E-state index contributed by atoms with van der Waals surface area (Å²) < 4.78 is 0. The molecule has 1 aliphatic carbocycles. The van der Waals surface area contributed by atoms with Crippen LogP contribution in [0.1, 0.15) is 50.5 Å². The Balaban J connectivity index is 1.58. The highest BCUT2D eigenvalue weighted by molar-refractivity contribution is 5.87. The first-order chi connectivity index (χ1) is 13.6. The number of carbonyl (C=O) groups excluding carboxylic acids is 1. The number of nitrogens with one attached hydrogen (secondary N) is 1. The lowest BCUT2D eigenvalue weighted by Crippen LogP contribution is -2.50. The largest absolute Gasteiger partial charge is 0.393 e. The highest BCUT2D eigenvalue weighted by Crippen LogP contribution is 2.39. The molecule has 0 bridgehead atoms. The lowest BCUT2D eigenvalue weighted by atomic mass is 9.73. The second-order valence-corrected chi connectivity index (χ2v) is 8.01. The van der Waals surface area contributed by atoms with Crippen molar-refractivity contribution in [3.05, 3.63) is 35.9 Å².